The Balaban J connectivity index is 1.78. The lowest BCUT2D eigenvalue weighted by atomic mass is 9.51. The Hall–Kier alpha value is -1.36. The highest BCUT2D eigenvalue weighted by molar-refractivity contribution is 5.89. The van der Waals surface area contributed by atoms with E-state index in [4.69, 9.17) is 9.47 Å². The van der Waals surface area contributed by atoms with Crippen molar-refractivity contribution < 1.29 is 24.2 Å². The summed E-state index contributed by atoms with van der Waals surface area (Å²) in [4.78, 5) is 24.8. The third-order valence-corrected chi connectivity index (χ3v) is 7.26. The van der Waals surface area contributed by atoms with E-state index in [0.29, 0.717) is 6.42 Å². The van der Waals surface area contributed by atoms with Crippen LogP contribution in [0.5, 0.6) is 0 Å². The summed E-state index contributed by atoms with van der Waals surface area (Å²) >= 11 is 0. The molecular formula is C16H18O5. The third kappa shape index (κ3) is 0.879. The van der Waals surface area contributed by atoms with Crippen LogP contribution in [0.15, 0.2) is 12.2 Å². The van der Waals surface area contributed by atoms with Crippen LogP contribution in [0.25, 0.3) is 0 Å². The largest absolute Gasteiger partial charge is 0.457 e. The molecule has 5 rings (SSSR count). The van der Waals surface area contributed by atoms with Crippen LogP contribution in [0, 0.1) is 28.6 Å². The van der Waals surface area contributed by atoms with Crippen molar-refractivity contribution in [3.63, 3.8) is 0 Å². The molecule has 0 unspecified atom stereocenters. The van der Waals surface area contributed by atoms with Crippen molar-refractivity contribution in [2.75, 3.05) is 0 Å². The summed E-state index contributed by atoms with van der Waals surface area (Å²) in [5, 5.41) is 11.5. The number of rotatable bonds is 1. The second kappa shape index (κ2) is 2.91. The molecule has 2 bridgehead atoms. The average molecular weight is 290 g/mol. The first-order chi connectivity index (χ1) is 9.79. The van der Waals surface area contributed by atoms with E-state index in [0.717, 1.165) is 12.0 Å². The van der Waals surface area contributed by atoms with E-state index < -0.39 is 34.6 Å². The zero-order valence-corrected chi connectivity index (χ0v) is 12.1. The summed E-state index contributed by atoms with van der Waals surface area (Å²) in [5.74, 6) is -1.30. The summed E-state index contributed by atoms with van der Waals surface area (Å²) in [5.41, 5.74) is -1.71. The molecule has 2 aliphatic heterocycles. The summed E-state index contributed by atoms with van der Waals surface area (Å²) in [6, 6.07) is 0. The molecule has 0 amide bonds. The van der Waals surface area contributed by atoms with Gasteiger partial charge in [-0.15, -0.1) is 0 Å². The van der Waals surface area contributed by atoms with Crippen LogP contribution >= 0.6 is 0 Å². The maximum atomic E-state index is 12.4. The predicted molar refractivity (Wildman–Crippen MR) is 69.8 cm³/mol. The molecule has 5 heteroatoms. The highest BCUT2D eigenvalue weighted by Gasteiger charge is 2.93. The van der Waals surface area contributed by atoms with Crippen LogP contribution in [-0.2, 0) is 19.1 Å². The smallest absolute Gasteiger partial charge is 0.313 e. The Bertz CT molecular complexity index is 641. The second-order valence-corrected chi connectivity index (χ2v) is 7.78. The lowest BCUT2D eigenvalue weighted by Gasteiger charge is -2.52. The van der Waals surface area contributed by atoms with Gasteiger partial charge >= 0.3 is 11.9 Å². The van der Waals surface area contributed by atoms with E-state index in [1.807, 2.05) is 13.8 Å². The number of hydrogen-bond acceptors (Lipinski definition) is 5. The van der Waals surface area contributed by atoms with Crippen molar-refractivity contribution in [1.29, 1.82) is 0 Å². The van der Waals surface area contributed by atoms with Crippen LogP contribution in [-0.4, -0.2) is 34.9 Å². The fraction of sp³-hybridized carbons (Fsp3) is 0.750. The lowest BCUT2D eigenvalue weighted by Crippen LogP contribution is -2.65. The minimum absolute atomic E-state index is 0.142. The molecule has 5 aliphatic rings. The first-order valence-electron chi connectivity index (χ1n) is 7.58. The van der Waals surface area contributed by atoms with E-state index in [1.165, 1.54) is 0 Å². The number of carbonyl (C=O) groups is 2. The first-order valence-corrected chi connectivity index (χ1v) is 7.58. The molecule has 21 heavy (non-hydrogen) atoms. The Morgan fingerprint density at radius 2 is 2.05 bits per heavy atom. The molecule has 5 nitrogen and oxygen atoms in total. The normalized spacial score (nSPS) is 62.0. The molecule has 8 atom stereocenters. The van der Waals surface area contributed by atoms with Crippen molar-refractivity contribution in [2.24, 2.45) is 28.6 Å². The van der Waals surface area contributed by atoms with Crippen LogP contribution in [0.4, 0.5) is 0 Å². The summed E-state index contributed by atoms with van der Waals surface area (Å²) in [6.07, 6.45) is 0.220. The summed E-state index contributed by atoms with van der Waals surface area (Å²) < 4.78 is 11.2. The van der Waals surface area contributed by atoms with Gasteiger partial charge in [-0.2, -0.15) is 0 Å². The molecule has 5 fully saturated rings. The maximum absolute atomic E-state index is 12.4. The Morgan fingerprint density at radius 1 is 1.33 bits per heavy atom. The molecule has 112 valence electrons. The molecule has 2 saturated heterocycles. The zero-order valence-electron chi connectivity index (χ0n) is 12.1. The van der Waals surface area contributed by atoms with Gasteiger partial charge in [0.05, 0.1) is 22.3 Å². The molecule has 3 saturated carbocycles. The lowest BCUT2D eigenvalue weighted by molar-refractivity contribution is -0.186. The Kier molecular flexibility index (Phi) is 1.69. The number of hydrogen-bond donors (Lipinski definition) is 1. The van der Waals surface area contributed by atoms with Crippen molar-refractivity contribution in [1.82, 2.24) is 0 Å². The van der Waals surface area contributed by atoms with Gasteiger partial charge in [0.25, 0.3) is 0 Å². The highest BCUT2D eigenvalue weighted by atomic mass is 16.6. The third-order valence-electron chi connectivity index (χ3n) is 7.26. The molecule has 3 aliphatic carbocycles. The minimum atomic E-state index is -1.22. The van der Waals surface area contributed by atoms with Crippen LogP contribution in [0.3, 0.4) is 0 Å². The van der Waals surface area contributed by atoms with Gasteiger partial charge in [0.1, 0.15) is 12.2 Å². The Labute approximate surface area is 122 Å². The topological polar surface area (TPSA) is 72.8 Å². The van der Waals surface area contributed by atoms with Gasteiger partial charge in [0.2, 0.25) is 0 Å². The van der Waals surface area contributed by atoms with Gasteiger partial charge < -0.3 is 14.6 Å². The molecule has 1 spiro atoms. The van der Waals surface area contributed by atoms with Crippen molar-refractivity contribution in [3.8, 4) is 0 Å². The standard InChI is InChI=1S/C16H18O5/c1-6(2)8-9-12(17)20-10(8)11-14(3)15(13(18)21-11)4-7(15)5-16(9,14)19/h7-11,19H,1,4-5H2,2-3H3/t7-,8+,9-,10-,11-,14+,15-,16-/m1/s1. The van der Waals surface area contributed by atoms with Gasteiger partial charge in [-0.3, -0.25) is 9.59 Å². The molecule has 1 N–H and O–H groups in total. The van der Waals surface area contributed by atoms with E-state index in [-0.39, 0.29) is 23.8 Å². The fourth-order valence-electron chi connectivity index (χ4n) is 6.26. The van der Waals surface area contributed by atoms with Gasteiger partial charge in [0, 0.05) is 5.92 Å². The summed E-state index contributed by atoms with van der Waals surface area (Å²) in [6.45, 7) is 7.74. The Morgan fingerprint density at radius 3 is 2.71 bits per heavy atom. The number of carbonyl (C=O) groups excluding carboxylic acids is 2. The predicted octanol–water partition coefficient (Wildman–Crippen LogP) is 0.807. The maximum Gasteiger partial charge on any atom is 0.313 e. The second-order valence-electron chi connectivity index (χ2n) is 7.78. The van der Waals surface area contributed by atoms with Gasteiger partial charge in [-0.25, -0.2) is 0 Å². The highest BCUT2D eigenvalue weighted by Crippen LogP contribution is 2.84. The molecular weight excluding hydrogens is 272 g/mol. The van der Waals surface area contributed by atoms with E-state index in [9.17, 15) is 14.7 Å². The molecule has 0 aromatic rings. The quantitative estimate of drug-likeness (QED) is 0.571. The van der Waals surface area contributed by atoms with E-state index >= 15 is 0 Å². The number of esters is 2. The van der Waals surface area contributed by atoms with E-state index in [1.54, 1.807) is 0 Å². The molecule has 0 aromatic heterocycles. The van der Waals surface area contributed by atoms with Crippen LogP contribution < -0.4 is 0 Å². The van der Waals surface area contributed by atoms with Gasteiger partial charge in [0.15, 0.2) is 0 Å². The fourth-order valence-corrected chi connectivity index (χ4v) is 6.26. The molecule has 2 heterocycles. The molecule has 0 radical (unpaired) electrons. The van der Waals surface area contributed by atoms with Crippen molar-refractivity contribution in [3.05, 3.63) is 12.2 Å². The zero-order chi connectivity index (χ0) is 14.9. The van der Waals surface area contributed by atoms with Crippen LogP contribution in [0.2, 0.25) is 0 Å². The molecule has 0 aromatic carbocycles. The average Bonchev–Trinajstić information content (AvgIpc) is 2.86. The van der Waals surface area contributed by atoms with Crippen LogP contribution in [0.1, 0.15) is 26.7 Å². The summed E-state index contributed by atoms with van der Waals surface area (Å²) in [7, 11) is 0. The monoisotopic (exact) mass is 290 g/mol. The van der Waals surface area contributed by atoms with Crippen molar-refractivity contribution >= 4 is 11.9 Å². The number of ether oxygens (including phenoxy) is 2. The van der Waals surface area contributed by atoms with E-state index in [2.05, 4.69) is 6.58 Å². The minimum Gasteiger partial charge on any atom is -0.457 e. The SMILES string of the molecule is C=C(C)[C@@H]1[C@H]2OC(=O)[C@@H]1[C@]1(O)C[C@H]3C[C@]34C(=O)O[C@H]2[C@]14C. The first kappa shape index (κ1) is 12.2. The van der Waals surface area contributed by atoms with Crippen molar-refractivity contribution in [2.45, 2.75) is 44.5 Å². The van der Waals surface area contributed by atoms with Gasteiger partial charge in [-0.1, -0.05) is 19.1 Å². The number of aliphatic hydroxyl groups is 1. The van der Waals surface area contributed by atoms with Gasteiger partial charge in [-0.05, 0) is 25.7 Å². The number of fused-ring (bicyclic) bond motifs is 4.